The third kappa shape index (κ3) is 3.88. The highest BCUT2D eigenvalue weighted by Crippen LogP contribution is 2.17. The first-order chi connectivity index (χ1) is 9.47. The molecule has 1 aliphatic heterocycles. The van der Waals surface area contributed by atoms with E-state index >= 15 is 0 Å². The van der Waals surface area contributed by atoms with Crippen molar-refractivity contribution in [3.63, 3.8) is 0 Å². The van der Waals surface area contributed by atoms with Gasteiger partial charge < -0.3 is 5.73 Å². The number of halogens is 2. The lowest BCUT2D eigenvalue weighted by Crippen LogP contribution is -2.52. The molecule has 0 radical (unpaired) electrons. The second-order valence-corrected chi connectivity index (χ2v) is 6.03. The van der Waals surface area contributed by atoms with Gasteiger partial charge in [0.2, 0.25) is 0 Å². The van der Waals surface area contributed by atoms with E-state index < -0.39 is 0 Å². The molecule has 1 aliphatic rings. The lowest BCUT2D eigenvalue weighted by Gasteiger charge is -2.37. The monoisotopic (exact) mass is 315 g/mol. The number of nitrogens with zero attached hydrogens (tertiary/aromatic N) is 2. The first-order valence-corrected chi connectivity index (χ1v) is 7.45. The van der Waals surface area contributed by atoms with E-state index in [-0.39, 0.29) is 11.9 Å². The Labute approximate surface area is 129 Å². The number of piperazine rings is 1. The molecule has 0 saturated carbocycles. The van der Waals surface area contributed by atoms with Crippen LogP contribution in [0.1, 0.15) is 12.5 Å². The molecule has 110 valence electrons. The van der Waals surface area contributed by atoms with Crippen molar-refractivity contribution >= 4 is 28.8 Å². The van der Waals surface area contributed by atoms with Gasteiger partial charge in [0.05, 0.1) is 11.0 Å². The Bertz CT molecular complexity index is 489. The van der Waals surface area contributed by atoms with Crippen molar-refractivity contribution in [2.45, 2.75) is 19.5 Å². The quantitative estimate of drug-likeness (QED) is 0.864. The zero-order chi connectivity index (χ0) is 14.7. The third-order valence-corrected chi connectivity index (χ3v) is 4.35. The summed E-state index contributed by atoms with van der Waals surface area (Å²) in [5, 5.41) is 0.432. The maximum absolute atomic E-state index is 13.8. The first kappa shape index (κ1) is 15.6. The molecule has 1 atom stereocenters. The lowest BCUT2D eigenvalue weighted by atomic mass is 10.1. The van der Waals surface area contributed by atoms with E-state index in [1.807, 2.05) is 6.92 Å². The van der Waals surface area contributed by atoms with Gasteiger partial charge in [-0.3, -0.25) is 9.80 Å². The van der Waals surface area contributed by atoms with Crippen LogP contribution in [0, 0.1) is 5.82 Å². The van der Waals surface area contributed by atoms with E-state index in [0.29, 0.717) is 22.1 Å². The molecule has 1 unspecified atom stereocenters. The predicted octanol–water partition coefficient (Wildman–Crippen LogP) is 2.27. The summed E-state index contributed by atoms with van der Waals surface area (Å²) in [6.45, 7) is 6.20. The maximum Gasteiger partial charge on any atom is 0.129 e. The van der Waals surface area contributed by atoms with Gasteiger partial charge in [0.15, 0.2) is 0 Å². The van der Waals surface area contributed by atoms with E-state index in [0.717, 1.165) is 26.2 Å². The van der Waals surface area contributed by atoms with Crippen LogP contribution in [-0.4, -0.2) is 47.0 Å². The molecule has 0 spiro atoms. The normalized spacial score (nSPS) is 18.9. The largest absolute Gasteiger partial charge is 0.392 e. The number of benzene rings is 1. The smallest absolute Gasteiger partial charge is 0.129 e. The van der Waals surface area contributed by atoms with Crippen molar-refractivity contribution in [2.24, 2.45) is 5.73 Å². The Morgan fingerprint density at radius 1 is 1.40 bits per heavy atom. The van der Waals surface area contributed by atoms with Crippen molar-refractivity contribution in [1.29, 1.82) is 0 Å². The third-order valence-electron chi connectivity index (χ3n) is 3.78. The van der Waals surface area contributed by atoms with E-state index in [1.165, 1.54) is 6.07 Å². The molecule has 3 nitrogen and oxygen atoms in total. The highest BCUT2D eigenvalue weighted by molar-refractivity contribution is 7.80. The minimum Gasteiger partial charge on any atom is -0.392 e. The van der Waals surface area contributed by atoms with Crippen molar-refractivity contribution in [3.05, 3.63) is 34.6 Å². The van der Waals surface area contributed by atoms with Crippen molar-refractivity contribution < 1.29 is 4.39 Å². The second-order valence-electron chi connectivity index (χ2n) is 5.13. The van der Waals surface area contributed by atoms with Crippen LogP contribution in [0.5, 0.6) is 0 Å². The molecule has 1 aromatic carbocycles. The molecule has 2 rings (SSSR count). The molecule has 1 saturated heterocycles. The average Bonchev–Trinajstić information content (AvgIpc) is 2.42. The van der Waals surface area contributed by atoms with Gasteiger partial charge >= 0.3 is 0 Å². The predicted molar refractivity (Wildman–Crippen MR) is 84.5 cm³/mol. The zero-order valence-electron chi connectivity index (χ0n) is 11.5. The topological polar surface area (TPSA) is 32.5 Å². The van der Waals surface area contributed by atoms with Gasteiger partial charge in [0.1, 0.15) is 5.82 Å². The molecule has 6 heteroatoms. The standard InChI is InChI=1S/C14H19ClFN3S/c1-10(14(17)20)19-6-4-18(5-7-19)9-11-2-3-12(15)8-13(11)16/h2-3,8,10H,4-7,9H2,1H3,(H2,17,20). The summed E-state index contributed by atoms with van der Waals surface area (Å²) in [7, 11) is 0. The Balaban J connectivity index is 1.90. The summed E-state index contributed by atoms with van der Waals surface area (Å²) in [6.07, 6.45) is 0. The number of nitrogens with two attached hydrogens (primary N) is 1. The fourth-order valence-electron chi connectivity index (χ4n) is 2.38. The fraction of sp³-hybridized carbons (Fsp3) is 0.500. The van der Waals surface area contributed by atoms with Crippen LogP contribution in [0.3, 0.4) is 0 Å². The summed E-state index contributed by atoms with van der Waals surface area (Å²) < 4.78 is 13.8. The Morgan fingerprint density at radius 3 is 2.60 bits per heavy atom. The van der Waals surface area contributed by atoms with Crippen molar-refractivity contribution in [1.82, 2.24) is 9.80 Å². The van der Waals surface area contributed by atoms with E-state index in [1.54, 1.807) is 12.1 Å². The van der Waals surface area contributed by atoms with E-state index in [9.17, 15) is 4.39 Å². The SMILES string of the molecule is CC(C(N)=S)N1CCN(Cc2ccc(Cl)cc2F)CC1. The summed E-state index contributed by atoms with van der Waals surface area (Å²) in [4.78, 5) is 5.02. The second kappa shape index (κ2) is 6.80. The molecule has 20 heavy (non-hydrogen) atoms. The molecule has 0 aliphatic carbocycles. The van der Waals surface area contributed by atoms with Gasteiger partial charge in [-0.2, -0.15) is 0 Å². The average molecular weight is 316 g/mol. The molecule has 1 fully saturated rings. The van der Waals surface area contributed by atoms with Crippen LogP contribution in [0.4, 0.5) is 4.39 Å². The lowest BCUT2D eigenvalue weighted by molar-refractivity contribution is 0.117. The molecule has 0 aromatic heterocycles. The maximum atomic E-state index is 13.8. The highest BCUT2D eigenvalue weighted by atomic mass is 35.5. The molecular formula is C14H19ClFN3S. The Hall–Kier alpha value is -0.750. The van der Waals surface area contributed by atoms with Gasteiger partial charge in [-0.15, -0.1) is 0 Å². The minimum atomic E-state index is -0.239. The number of thiocarbonyl (C=S) groups is 1. The van der Waals surface area contributed by atoms with Crippen LogP contribution < -0.4 is 5.73 Å². The van der Waals surface area contributed by atoms with Crippen molar-refractivity contribution in [3.8, 4) is 0 Å². The Kier molecular flexibility index (Phi) is 5.32. The van der Waals surface area contributed by atoms with Gasteiger partial charge in [0, 0.05) is 43.3 Å². The highest BCUT2D eigenvalue weighted by Gasteiger charge is 2.22. The summed E-state index contributed by atoms with van der Waals surface area (Å²) in [6, 6.07) is 4.97. The van der Waals surface area contributed by atoms with Crippen LogP contribution in [0.15, 0.2) is 18.2 Å². The molecular weight excluding hydrogens is 297 g/mol. The Morgan fingerprint density at radius 2 is 2.05 bits per heavy atom. The van der Waals surface area contributed by atoms with Crippen molar-refractivity contribution in [2.75, 3.05) is 26.2 Å². The van der Waals surface area contributed by atoms with Crippen LogP contribution in [0.25, 0.3) is 0 Å². The van der Waals surface area contributed by atoms with Gasteiger partial charge in [0.25, 0.3) is 0 Å². The van der Waals surface area contributed by atoms with Crippen LogP contribution in [0.2, 0.25) is 5.02 Å². The molecule has 1 heterocycles. The van der Waals surface area contributed by atoms with E-state index in [2.05, 4.69) is 9.80 Å². The van der Waals surface area contributed by atoms with Crippen LogP contribution >= 0.6 is 23.8 Å². The summed E-state index contributed by atoms with van der Waals surface area (Å²) in [5.41, 5.74) is 6.36. The van der Waals surface area contributed by atoms with Gasteiger partial charge in [-0.25, -0.2) is 4.39 Å². The molecule has 0 bridgehead atoms. The van der Waals surface area contributed by atoms with E-state index in [4.69, 9.17) is 29.6 Å². The molecule has 2 N–H and O–H groups in total. The molecule has 0 amide bonds. The van der Waals surface area contributed by atoms with Gasteiger partial charge in [-0.05, 0) is 19.1 Å². The zero-order valence-corrected chi connectivity index (χ0v) is 13.1. The minimum absolute atomic E-state index is 0.124. The van der Waals surface area contributed by atoms with Crippen LogP contribution in [-0.2, 0) is 6.54 Å². The number of rotatable bonds is 4. The number of hydrogen-bond donors (Lipinski definition) is 1. The summed E-state index contributed by atoms with van der Waals surface area (Å²) in [5.74, 6) is -0.239. The first-order valence-electron chi connectivity index (χ1n) is 6.67. The summed E-state index contributed by atoms with van der Waals surface area (Å²) >= 11 is 10.8. The fourth-order valence-corrected chi connectivity index (χ4v) is 2.69. The number of hydrogen-bond acceptors (Lipinski definition) is 3. The van der Waals surface area contributed by atoms with Gasteiger partial charge in [-0.1, -0.05) is 29.9 Å². The molecule has 1 aromatic rings.